The van der Waals surface area contributed by atoms with Gasteiger partial charge in [-0.2, -0.15) is 0 Å². The van der Waals surface area contributed by atoms with Gasteiger partial charge >= 0.3 is 5.69 Å². The monoisotopic (exact) mass is 395 g/mol. The number of likely N-dealkylation sites (tertiary alicyclic amines) is 1. The molecule has 2 aromatic carbocycles. The minimum atomic E-state index is -0.275. The van der Waals surface area contributed by atoms with E-state index in [0.29, 0.717) is 23.8 Å². The van der Waals surface area contributed by atoms with Gasteiger partial charge in [0.2, 0.25) is 0 Å². The van der Waals surface area contributed by atoms with Crippen molar-refractivity contribution in [3.63, 3.8) is 0 Å². The van der Waals surface area contributed by atoms with Crippen molar-refractivity contribution >= 4 is 11.0 Å². The number of piperidine rings is 1. The van der Waals surface area contributed by atoms with Crippen molar-refractivity contribution in [1.82, 2.24) is 14.6 Å². The first-order valence-corrected chi connectivity index (χ1v) is 10.4. The van der Waals surface area contributed by atoms with Crippen LogP contribution in [0.15, 0.2) is 47.3 Å². The highest BCUT2D eigenvalue weighted by atomic mass is 16.7. The van der Waals surface area contributed by atoms with Crippen LogP contribution in [0.1, 0.15) is 43.2 Å². The molecule has 29 heavy (non-hydrogen) atoms. The van der Waals surface area contributed by atoms with Crippen LogP contribution < -0.4 is 15.3 Å². The molecule has 0 saturated carbocycles. The molecule has 1 aromatic heterocycles. The van der Waals surface area contributed by atoms with E-state index in [9.17, 15) is 4.79 Å². The maximum absolute atomic E-state index is 12.7. The number of hydrogen-bond acceptors (Lipinski definition) is 4. The molecule has 0 radical (unpaired) electrons. The summed E-state index contributed by atoms with van der Waals surface area (Å²) in [7, 11) is 1.62. The Morgan fingerprint density at radius 3 is 2.76 bits per heavy atom. The third kappa shape index (κ3) is 4.03. The predicted octanol–water partition coefficient (Wildman–Crippen LogP) is 3.56. The number of H-pyrrole nitrogens is 1. The summed E-state index contributed by atoms with van der Waals surface area (Å²) >= 11 is 0. The molecule has 4 rings (SSSR count). The van der Waals surface area contributed by atoms with Gasteiger partial charge in [0.05, 0.1) is 7.11 Å². The summed E-state index contributed by atoms with van der Waals surface area (Å²) in [5.41, 5.74) is 3.39. The molecule has 1 saturated heterocycles. The number of rotatable bonds is 7. The van der Waals surface area contributed by atoms with Gasteiger partial charge in [-0.05, 0) is 55.5 Å². The van der Waals surface area contributed by atoms with Crippen LogP contribution in [0.4, 0.5) is 0 Å². The number of benzene rings is 2. The van der Waals surface area contributed by atoms with Crippen LogP contribution in [-0.2, 0) is 6.61 Å². The van der Waals surface area contributed by atoms with E-state index < -0.39 is 0 Å². The molecule has 154 valence electrons. The summed E-state index contributed by atoms with van der Waals surface area (Å²) in [5, 5.41) is 0. The highest BCUT2D eigenvalue weighted by Gasteiger charge is 2.26. The van der Waals surface area contributed by atoms with Gasteiger partial charge in [-0.3, -0.25) is 4.98 Å². The molecule has 1 aliphatic rings. The fourth-order valence-corrected chi connectivity index (χ4v) is 4.35. The summed E-state index contributed by atoms with van der Waals surface area (Å²) in [5.74, 6) is 1.02. The number of ether oxygens (including phenoxy) is 1. The number of aromatic amines is 1. The minimum absolute atomic E-state index is 0.275. The molecule has 6 heteroatoms. The van der Waals surface area contributed by atoms with Crippen LogP contribution in [0.5, 0.6) is 5.75 Å². The zero-order chi connectivity index (χ0) is 20.2. The van der Waals surface area contributed by atoms with Crippen LogP contribution in [0, 0.1) is 0 Å². The van der Waals surface area contributed by atoms with Crippen LogP contribution >= 0.6 is 0 Å². The lowest BCUT2D eigenvalue weighted by Gasteiger charge is -2.33. The number of nitrogens with one attached hydrogen (secondary N) is 1. The van der Waals surface area contributed by atoms with Gasteiger partial charge in [0.25, 0.3) is 0 Å². The van der Waals surface area contributed by atoms with Gasteiger partial charge in [0.15, 0.2) is 0 Å². The second kappa shape index (κ2) is 8.74. The van der Waals surface area contributed by atoms with E-state index in [2.05, 4.69) is 22.9 Å². The van der Waals surface area contributed by atoms with E-state index in [1.807, 2.05) is 36.4 Å². The Balaban J connectivity index is 1.73. The molecular formula is C23H29N3O3. The van der Waals surface area contributed by atoms with Crippen LogP contribution in [-0.4, -0.2) is 41.4 Å². The van der Waals surface area contributed by atoms with Crippen molar-refractivity contribution in [3.05, 3.63) is 64.1 Å². The third-order valence-electron chi connectivity index (χ3n) is 5.70. The molecule has 2 heterocycles. The van der Waals surface area contributed by atoms with Crippen LogP contribution in [0.25, 0.3) is 11.0 Å². The molecule has 1 atom stereocenters. The molecule has 6 nitrogen and oxygen atoms in total. The summed E-state index contributed by atoms with van der Waals surface area (Å²) in [6, 6.07) is 13.9. The average Bonchev–Trinajstić information content (AvgIpc) is 3.09. The molecule has 0 spiro atoms. The molecule has 1 aliphatic heterocycles. The molecular weight excluding hydrogens is 366 g/mol. The third-order valence-corrected chi connectivity index (χ3v) is 5.70. The predicted molar refractivity (Wildman–Crippen MR) is 115 cm³/mol. The molecule has 0 bridgehead atoms. The van der Waals surface area contributed by atoms with Gasteiger partial charge in [-0.15, -0.1) is 4.73 Å². The average molecular weight is 396 g/mol. The SMILES string of the molecule is CCCN1CCCC(c2ccc(OC)c3[nH]c(=O)n(OCc4ccccc4)c23)C1. The molecule has 0 amide bonds. The van der Waals surface area contributed by atoms with Crippen molar-refractivity contribution in [2.45, 2.75) is 38.7 Å². The van der Waals surface area contributed by atoms with E-state index in [1.165, 1.54) is 4.73 Å². The normalized spacial score (nSPS) is 17.5. The Kier molecular flexibility index (Phi) is 5.90. The number of fused-ring (bicyclic) bond motifs is 1. The molecule has 0 aliphatic carbocycles. The fraction of sp³-hybridized carbons (Fsp3) is 0.435. The van der Waals surface area contributed by atoms with Crippen molar-refractivity contribution < 1.29 is 9.57 Å². The lowest BCUT2D eigenvalue weighted by Crippen LogP contribution is -2.35. The minimum Gasteiger partial charge on any atom is -0.494 e. The van der Waals surface area contributed by atoms with Crippen LogP contribution in [0.2, 0.25) is 0 Å². The van der Waals surface area contributed by atoms with Gasteiger partial charge in [0.1, 0.15) is 23.4 Å². The Bertz CT molecular complexity index is 1010. The summed E-state index contributed by atoms with van der Waals surface area (Å²) in [6.45, 7) is 5.81. The smallest absolute Gasteiger partial charge is 0.359 e. The summed E-state index contributed by atoms with van der Waals surface area (Å²) in [6.07, 6.45) is 3.43. The van der Waals surface area contributed by atoms with Gasteiger partial charge in [-0.25, -0.2) is 4.79 Å². The lowest BCUT2D eigenvalue weighted by molar-refractivity contribution is 0.0982. The summed E-state index contributed by atoms with van der Waals surface area (Å²) < 4.78 is 6.93. The molecule has 3 aromatic rings. The first-order chi connectivity index (χ1) is 14.2. The maximum Gasteiger partial charge on any atom is 0.359 e. The fourth-order valence-electron chi connectivity index (χ4n) is 4.35. The Hall–Kier alpha value is -2.73. The van der Waals surface area contributed by atoms with E-state index >= 15 is 0 Å². The Labute approximate surface area is 171 Å². The van der Waals surface area contributed by atoms with Gasteiger partial charge in [0, 0.05) is 6.54 Å². The molecule has 1 fully saturated rings. The molecule has 1 unspecified atom stereocenters. The maximum atomic E-state index is 12.7. The largest absolute Gasteiger partial charge is 0.494 e. The van der Waals surface area contributed by atoms with Crippen molar-refractivity contribution in [1.29, 1.82) is 0 Å². The second-order valence-corrected chi connectivity index (χ2v) is 7.70. The second-order valence-electron chi connectivity index (χ2n) is 7.70. The Morgan fingerprint density at radius 2 is 2.00 bits per heavy atom. The van der Waals surface area contributed by atoms with Gasteiger partial charge < -0.3 is 14.5 Å². The summed E-state index contributed by atoms with van der Waals surface area (Å²) in [4.78, 5) is 24.2. The molecule has 1 N–H and O–H groups in total. The highest BCUT2D eigenvalue weighted by Crippen LogP contribution is 2.34. The highest BCUT2D eigenvalue weighted by molar-refractivity contribution is 5.85. The number of aromatic nitrogens is 2. The van der Waals surface area contributed by atoms with Crippen molar-refractivity contribution in [2.75, 3.05) is 26.7 Å². The standard InChI is InChI=1S/C23H29N3O3/c1-3-13-25-14-7-10-18(15-25)19-11-12-20(28-2)21-22(19)26(23(27)24-21)29-16-17-8-5-4-6-9-17/h4-6,8-9,11-12,18H,3,7,10,13-16H2,1-2H3,(H,24,27). The number of nitrogens with zero attached hydrogens (tertiary/aromatic N) is 2. The van der Waals surface area contributed by atoms with E-state index in [1.54, 1.807) is 7.11 Å². The first-order valence-electron chi connectivity index (χ1n) is 10.4. The topological polar surface area (TPSA) is 59.5 Å². The Morgan fingerprint density at radius 1 is 1.17 bits per heavy atom. The van der Waals surface area contributed by atoms with E-state index in [0.717, 1.165) is 55.5 Å². The number of methoxy groups -OCH3 is 1. The first kappa shape index (κ1) is 19.6. The lowest BCUT2D eigenvalue weighted by atomic mass is 9.89. The van der Waals surface area contributed by atoms with Crippen molar-refractivity contribution in [3.8, 4) is 5.75 Å². The zero-order valence-electron chi connectivity index (χ0n) is 17.2. The van der Waals surface area contributed by atoms with Crippen LogP contribution in [0.3, 0.4) is 0 Å². The zero-order valence-corrected chi connectivity index (χ0v) is 17.2. The van der Waals surface area contributed by atoms with E-state index in [-0.39, 0.29) is 5.69 Å². The van der Waals surface area contributed by atoms with Crippen molar-refractivity contribution in [2.24, 2.45) is 0 Å². The van der Waals surface area contributed by atoms with Gasteiger partial charge in [-0.1, -0.05) is 43.3 Å². The quantitative estimate of drug-likeness (QED) is 0.665. The van der Waals surface area contributed by atoms with E-state index in [4.69, 9.17) is 9.57 Å². The number of hydrogen-bond donors (Lipinski definition) is 1. The number of imidazole rings is 1.